The van der Waals surface area contributed by atoms with Crippen LogP contribution < -0.4 is 4.74 Å². The maximum absolute atomic E-state index is 11.8. The van der Waals surface area contributed by atoms with Gasteiger partial charge in [-0.25, -0.2) is 0 Å². The first kappa shape index (κ1) is 11.2. The van der Waals surface area contributed by atoms with E-state index in [2.05, 4.69) is 4.74 Å². The van der Waals surface area contributed by atoms with Gasteiger partial charge < -0.3 is 4.74 Å². The highest BCUT2D eigenvalue weighted by atomic mass is 35.5. The van der Waals surface area contributed by atoms with Crippen LogP contribution in [0.4, 0.5) is 13.2 Å². The van der Waals surface area contributed by atoms with Gasteiger partial charge in [0.25, 0.3) is 0 Å². The lowest BCUT2D eigenvalue weighted by atomic mass is 10.1. The molecule has 0 aliphatic rings. The number of halogens is 4. The van der Waals surface area contributed by atoms with E-state index in [4.69, 9.17) is 11.6 Å². The van der Waals surface area contributed by atoms with Gasteiger partial charge in [0.1, 0.15) is 5.75 Å². The van der Waals surface area contributed by atoms with E-state index < -0.39 is 6.36 Å². The molecule has 0 N–H and O–H groups in total. The van der Waals surface area contributed by atoms with E-state index in [1.54, 1.807) is 13.8 Å². The Morgan fingerprint density at radius 2 is 1.79 bits per heavy atom. The summed E-state index contributed by atoms with van der Waals surface area (Å²) >= 11 is 5.70. The molecule has 0 spiro atoms. The second-order valence-corrected chi connectivity index (χ2v) is 3.30. The fourth-order valence-electron chi connectivity index (χ4n) is 0.977. The molecule has 0 atom stereocenters. The quantitative estimate of drug-likeness (QED) is 0.704. The molecule has 0 fully saturated rings. The molecule has 14 heavy (non-hydrogen) atoms. The van der Waals surface area contributed by atoms with Crippen LogP contribution in [0.25, 0.3) is 0 Å². The normalized spacial score (nSPS) is 11.6. The largest absolute Gasteiger partial charge is 0.573 e. The van der Waals surface area contributed by atoms with Crippen molar-refractivity contribution < 1.29 is 17.9 Å². The molecule has 0 heterocycles. The fraction of sp³-hybridized carbons (Fsp3) is 0.333. The summed E-state index contributed by atoms with van der Waals surface area (Å²) in [5.74, 6) is -0.286. The monoisotopic (exact) mass is 224 g/mol. The van der Waals surface area contributed by atoms with Gasteiger partial charge in [0.2, 0.25) is 0 Å². The zero-order chi connectivity index (χ0) is 10.9. The minimum atomic E-state index is -4.68. The van der Waals surface area contributed by atoms with Crippen LogP contribution in [-0.4, -0.2) is 6.36 Å². The number of hydrogen-bond donors (Lipinski definition) is 0. The zero-order valence-electron chi connectivity index (χ0n) is 7.57. The summed E-state index contributed by atoms with van der Waals surface area (Å²) in [6, 6.07) is 2.45. The first-order valence-corrected chi connectivity index (χ1v) is 4.20. The predicted octanol–water partition coefficient (Wildman–Crippen LogP) is 3.86. The topological polar surface area (TPSA) is 9.23 Å². The van der Waals surface area contributed by atoms with Crippen LogP contribution in [-0.2, 0) is 0 Å². The van der Waals surface area contributed by atoms with E-state index in [0.717, 1.165) is 11.6 Å². The number of rotatable bonds is 1. The maximum Gasteiger partial charge on any atom is 0.573 e. The van der Waals surface area contributed by atoms with Crippen LogP contribution >= 0.6 is 11.6 Å². The molecule has 0 aliphatic carbocycles. The number of benzene rings is 1. The van der Waals surface area contributed by atoms with E-state index in [0.29, 0.717) is 5.56 Å². The second kappa shape index (κ2) is 3.69. The molecule has 0 saturated heterocycles. The van der Waals surface area contributed by atoms with Crippen LogP contribution in [0.3, 0.4) is 0 Å². The van der Waals surface area contributed by atoms with Crippen LogP contribution in [0.2, 0.25) is 5.02 Å². The summed E-state index contributed by atoms with van der Waals surface area (Å²) in [6.07, 6.45) is -4.68. The Bertz CT molecular complexity index is 323. The molecule has 0 unspecified atom stereocenters. The molecular weight excluding hydrogens is 217 g/mol. The highest BCUT2D eigenvalue weighted by Gasteiger charge is 2.31. The highest BCUT2D eigenvalue weighted by molar-refractivity contribution is 6.31. The van der Waals surface area contributed by atoms with Crippen molar-refractivity contribution in [3.05, 3.63) is 28.3 Å². The third-order valence-electron chi connectivity index (χ3n) is 1.81. The lowest BCUT2D eigenvalue weighted by Gasteiger charge is -2.11. The van der Waals surface area contributed by atoms with Crippen LogP contribution in [0, 0.1) is 13.8 Å². The van der Waals surface area contributed by atoms with E-state index in [1.165, 1.54) is 6.07 Å². The van der Waals surface area contributed by atoms with Crippen molar-refractivity contribution in [3.8, 4) is 5.75 Å². The molecule has 0 aromatic heterocycles. The maximum atomic E-state index is 11.8. The molecule has 1 aromatic rings. The van der Waals surface area contributed by atoms with Crippen LogP contribution in [0.1, 0.15) is 11.1 Å². The van der Waals surface area contributed by atoms with Crippen molar-refractivity contribution in [3.63, 3.8) is 0 Å². The van der Waals surface area contributed by atoms with Crippen molar-refractivity contribution in [1.82, 2.24) is 0 Å². The van der Waals surface area contributed by atoms with Gasteiger partial charge in [0, 0.05) is 5.02 Å². The molecule has 0 bridgehead atoms. The summed E-state index contributed by atoms with van der Waals surface area (Å²) in [5.41, 5.74) is 1.41. The van der Waals surface area contributed by atoms with Gasteiger partial charge in [-0.15, -0.1) is 13.2 Å². The fourth-order valence-corrected chi connectivity index (χ4v) is 1.23. The average Bonchev–Trinajstić information content (AvgIpc) is 1.96. The first-order chi connectivity index (χ1) is 6.29. The SMILES string of the molecule is Cc1cc(OC(F)(F)F)cc(Cl)c1C. The molecular formula is C9H8ClF3O. The molecule has 0 radical (unpaired) electrons. The van der Waals surface area contributed by atoms with Crippen molar-refractivity contribution in [1.29, 1.82) is 0 Å². The lowest BCUT2D eigenvalue weighted by Crippen LogP contribution is -2.17. The van der Waals surface area contributed by atoms with E-state index in [1.807, 2.05) is 0 Å². The van der Waals surface area contributed by atoms with Gasteiger partial charge in [-0.3, -0.25) is 0 Å². The minimum absolute atomic E-state index is 0.268. The lowest BCUT2D eigenvalue weighted by molar-refractivity contribution is -0.274. The molecule has 0 aliphatic heterocycles. The van der Waals surface area contributed by atoms with Crippen molar-refractivity contribution >= 4 is 11.6 Å². The van der Waals surface area contributed by atoms with Gasteiger partial charge in [0.05, 0.1) is 0 Å². The Labute approximate surface area is 84.4 Å². The Kier molecular flexibility index (Phi) is 2.95. The Hall–Kier alpha value is -0.900. The number of aryl methyl sites for hydroxylation is 1. The standard InChI is InChI=1S/C9H8ClF3O/c1-5-3-7(14-9(11,12)13)4-8(10)6(5)2/h3-4H,1-2H3. The Morgan fingerprint density at radius 1 is 1.21 bits per heavy atom. The van der Waals surface area contributed by atoms with Crippen LogP contribution in [0.15, 0.2) is 12.1 Å². The van der Waals surface area contributed by atoms with E-state index in [-0.39, 0.29) is 10.8 Å². The number of hydrogen-bond acceptors (Lipinski definition) is 1. The first-order valence-electron chi connectivity index (χ1n) is 3.82. The third kappa shape index (κ3) is 2.80. The van der Waals surface area contributed by atoms with E-state index in [9.17, 15) is 13.2 Å². The summed E-state index contributed by atoms with van der Waals surface area (Å²) in [4.78, 5) is 0. The van der Waals surface area contributed by atoms with E-state index >= 15 is 0 Å². The van der Waals surface area contributed by atoms with Crippen LogP contribution in [0.5, 0.6) is 5.75 Å². The smallest absolute Gasteiger partial charge is 0.406 e. The summed E-state index contributed by atoms with van der Waals surface area (Å²) in [5, 5.41) is 0.268. The molecule has 1 nitrogen and oxygen atoms in total. The van der Waals surface area contributed by atoms with Gasteiger partial charge in [0.15, 0.2) is 0 Å². The molecule has 1 rings (SSSR count). The van der Waals surface area contributed by atoms with Crippen molar-refractivity contribution in [2.45, 2.75) is 20.2 Å². The van der Waals surface area contributed by atoms with Crippen molar-refractivity contribution in [2.75, 3.05) is 0 Å². The Morgan fingerprint density at radius 3 is 2.21 bits per heavy atom. The van der Waals surface area contributed by atoms with Crippen molar-refractivity contribution in [2.24, 2.45) is 0 Å². The number of ether oxygens (including phenoxy) is 1. The second-order valence-electron chi connectivity index (χ2n) is 2.89. The molecule has 1 aromatic carbocycles. The number of alkyl halides is 3. The summed E-state index contributed by atoms with van der Waals surface area (Å²) in [7, 11) is 0. The molecule has 0 amide bonds. The average molecular weight is 225 g/mol. The van der Waals surface area contributed by atoms with Gasteiger partial charge >= 0.3 is 6.36 Å². The predicted molar refractivity (Wildman–Crippen MR) is 47.6 cm³/mol. The summed E-state index contributed by atoms with van der Waals surface area (Å²) < 4.78 is 39.3. The summed E-state index contributed by atoms with van der Waals surface area (Å²) in [6.45, 7) is 3.40. The Balaban J connectivity index is 3.02. The van der Waals surface area contributed by atoms with Gasteiger partial charge in [-0.05, 0) is 37.1 Å². The minimum Gasteiger partial charge on any atom is -0.406 e. The van der Waals surface area contributed by atoms with Gasteiger partial charge in [-0.2, -0.15) is 0 Å². The highest BCUT2D eigenvalue weighted by Crippen LogP contribution is 2.29. The molecule has 5 heteroatoms. The third-order valence-corrected chi connectivity index (χ3v) is 2.20. The van der Waals surface area contributed by atoms with Gasteiger partial charge in [-0.1, -0.05) is 11.6 Å². The molecule has 0 saturated carbocycles. The zero-order valence-corrected chi connectivity index (χ0v) is 8.33. The molecule has 78 valence electrons.